The molecule has 1 atom stereocenters. The zero-order chi connectivity index (χ0) is 16.7. The van der Waals surface area contributed by atoms with Crippen molar-refractivity contribution in [3.8, 4) is 11.5 Å². The molecule has 124 valence electrons. The summed E-state index contributed by atoms with van der Waals surface area (Å²) in [4.78, 5) is 0. The SMILES string of the molecule is COc1cc(CN[C@H](C)CO)cc(Br)c1OCc1ccccc1. The molecular weight excluding hydrogens is 358 g/mol. The number of benzene rings is 2. The summed E-state index contributed by atoms with van der Waals surface area (Å²) in [5.41, 5.74) is 2.16. The second kappa shape index (κ2) is 8.91. The number of nitrogens with one attached hydrogen (secondary N) is 1. The number of aliphatic hydroxyl groups is 1. The van der Waals surface area contributed by atoms with E-state index in [1.165, 1.54) is 0 Å². The van der Waals surface area contributed by atoms with E-state index in [2.05, 4.69) is 21.2 Å². The van der Waals surface area contributed by atoms with Gasteiger partial charge in [0.1, 0.15) is 6.61 Å². The van der Waals surface area contributed by atoms with Crippen molar-refractivity contribution >= 4 is 15.9 Å². The van der Waals surface area contributed by atoms with Crippen molar-refractivity contribution in [3.63, 3.8) is 0 Å². The summed E-state index contributed by atoms with van der Waals surface area (Å²) in [6, 6.07) is 14.0. The van der Waals surface area contributed by atoms with Gasteiger partial charge in [-0.15, -0.1) is 0 Å². The van der Waals surface area contributed by atoms with E-state index in [0.717, 1.165) is 15.6 Å². The van der Waals surface area contributed by atoms with Crippen LogP contribution >= 0.6 is 15.9 Å². The van der Waals surface area contributed by atoms with Gasteiger partial charge in [-0.1, -0.05) is 30.3 Å². The van der Waals surface area contributed by atoms with Crippen LogP contribution in [0.5, 0.6) is 11.5 Å². The molecule has 0 saturated carbocycles. The fraction of sp³-hybridized carbons (Fsp3) is 0.333. The average Bonchev–Trinajstić information content (AvgIpc) is 2.59. The summed E-state index contributed by atoms with van der Waals surface area (Å²) >= 11 is 3.55. The molecule has 0 amide bonds. The predicted molar refractivity (Wildman–Crippen MR) is 94.9 cm³/mol. The monoisotopic (exact) mass is 379 g/mol. The molecule has 0 spiro atoms. The van der Waals surface area contributed by atoms with Gasteiger partial charge in [0.15, 0.2) is 11.5 Å². The van der Waals surface area contributed by atoms with E-state index in [1.54, 1.807) is 7.11 Å². The normalized spacial score (nSPS) is 12.0. The summed E-state index contributed by atoms with van der Waals surface area (Å²) in [7, 11) is 1.63. The summed E-state index contributed by atoms with van der Waals surface area (Å²) in [5.74, 6) is 1.37. The number of hydrogen-bond acceptors (Lipinski definition) is 4. The fourth-order valence-electron chi connectivity index (χ4n) is 2.10. The Kier molecular flexibility index (Phi) is 6.89. The van der Waals surface area contributed by atoms with Crippen LogP contribution in [-0.4, -0.2) is 24.9 Å². The van der Waals surface area contributed by atoms with Gasteiger partial charge in [-0.3, -0.25) is 0 Å². The molecule has 0 aliphatic carbocycles. The molecule has 2 N–H and O–H groups in total. The van der Waals surface area contributed by atoms with Crippen LogP contribution in [0.15, 0.2) is 46.9 Å². The van der Waals surface area contributed by atoms with Crippen LogP contribution in [0.3, 0.4) is 0 Å². The number of hydrogen-bond donors (Lipinski definition) is 2. The molecule has 0 aliphatic rings. The Hall–Kier alpha value is -1.56. The standard InChI is InChI=1S/C18H22BrNO3/c1-13(11-21)20-10-15-8-16(19)18(17(9-15)22-2)23-12-14-6-4-3-5-7-14/h3-9,13,20-21H,10-12H2,1-2H3/t13-/m1/s1. The second-order valence-corrected chi connectivity index (χ2v) is 6.20. The van der Waals surface area contributed by atoms with Gasteiger partial charge >= 0.3 is 0 Å². The minimum Gasteiger partial charge on any atom is -0.493 e. The first kappa shape index (κ1) is 17.8. The largest absolute Gasteiger partial charge is 0.493 e. The van der Waals surface area contributed by atoms with Crippen molar-refractivity contribution in [1.29, 1.82) is 0 Å². The number of ether oxygens (including phenoxy) is 2. The third-order valence-electron chi connectivity index (χ3n) is 3.44. The molecular formula is C18H22BrNO3. The lowest BCUT2D eigenvalue weighted by Crippen LogP contribution is -2.28. The Morgan fingerprint density at radius 1 is 1.17 bits per heavy atom. The summed E-state index contributed by atoms with van der Waals surface area (Å²) in [5, 5.41) is 12.3. The Bertz CT molecular complexity index is 619. The van der Waals surface area contributed by atoms with E-state index in [4.69, 9.17) is 14.6 Å². The lowest BCUT2D eigenvalue weighted by Gasteiger charge is -2.16. The van der Waals surface area contributed by atoms with Gasteiger partial charge in [0.05, 0.1) is 18.2 Å². The molecule has 5 heteroatoms. The maximum absolute atomic E-state index is 9.07. The van der Waals surface area contributed by atoms with E-state index < -0.39 is 0 Å². The molecule has 0 unspecified atom stereocenters. The molecule has 23 heavy (non-hydrogen) atoms. The Morgan fingerprint density at radius 3 is 2.57 bits per heavy atom. The highest BCUT2D eigenvalue weighted by Gasteiger charge is 2.12. The van der Waals surface area contributed by atoms with Gasteiger partial charge in [0.2, 0.25) is 0 Å². The maximum Gasteiger partial charge on any atom is 0.175 e. The van der Waals surface area contributed by atoms with Gasteiger partial charge < -0.3 is 19.9 Å². The first-order valence-electron chi connectivity index (χ1n) is 7.51. The van der Waals surface area contributed by atoms with Crippen LogP contribution in [-0.2, 0) is 13.2 Å². The molecule has 4 nitrogen and oxygen atoms in total. The van der Waals surface area contributed by atoms with Crippen molar-refractivity contribution in [2.24, 2.45) is 0 Å². The Labute approximate surface area is 145 Å². The van der Waals surface area contributed by atoms with E-state index in [1.807, 2.05) is 49.4 Å². The highest BCUT2D eigenvalue weighted by atomic mass is 79.9. The average molecular weight is 380 g/mol. The van der Waals surface area contributed by atoms with Crippen LogP contribution in [0.1, 0.15) is 18.1 Å². The Balaban J connectivity index is 2.10. The summed E-state index contributed by atoms with van der Waals surface area (Å²) in [6.45, 7) is 3.17. The van der Waals surface area contributed by atoms with Crippen molar-refractivity contribution < 1.29 is 14.6 Å². The van der Waals surface area contributed by atoms with E-state index in [0.29, 0.717) is 24.7 Å². The third-order valence-corrected chi connectivity index (χ3v) is 4.03. The van der Waals surface area contributed by atoms with Crippen LogP contribution in [0.25, 0.3) is 0 Å². The molecule has 0 heterocycles. The number of rotatable bonds is 8. The highest BCUT2D eigenvalue weighted by Crippen LogP contribution is 2.37. The Morgan fingerprint density at radius 2 is 1.91 bits per heavy atom. The third kappa shape index (κ3) is 5.23. The van der Waals surface area contributed by atoms with Crippen molar-refractivity contribution in [2.75, 3.05) is 13.7 Å². The molecule has 2 aromatic carbocycles. The van der Waals surface area contributed by atoms with Crippen LogP contribution < -0.4 is 14.8 Å². The molecule has 2 aromatic rings. The van der Waals surface area contributed by atoms with Gasteiger partial charge in [0, 0.05) is 12.6 Å². The highest BCUT2D eigenvalue weighted by molar-refractivity contribution is 9.10. The molecule has 0 aliphatic heterocycles. The zero-order valence-electron chi connectivity index (χ0n) is 13.4. The van der Waals surface area contributed by atoms with E-state index in [-0.39, 0.29) is 12.6 Å². The number of methoxy groups -OCH3 is 1. The minimum absolute atomic E-state index is 0.0498. The van der Waals surface area contributed by atoms with Gasteiger partial charge in [0.25, 0.3) is 0 Å². The van der Waals surface area contributed by atoms with Gasteiger partial charge in [-0.2, -0.15) is 0 Å². The summed E-state index contributed by atoms with van der Waals surface area (Å²) < 4.78 is 12.2. The quantitative estimate of drug-likeness (QED) is 0.736. The molecule has 0 fully saturated rings. The minimum atomic E-state index is 0.0498. The maximum atomic E-state index is 9.07. The first-order chi connectivity index (χ1) is 11.1. The number of aliphatic hydroxyl groups excluding tert-OH is 1. The topological polar surface area (TPSA) is 50.7 Å². The lowest BCUT2D eigenvalue weighted by atomic mass is 10.2. The zero-order valence-corrected chi connectivity index (χ0v) is 15.0. The second-order valence-electron chi connectivity index (χ2n) is 5.35. The van der Waals surface area contributed by atoms with Crippen LogP contribution in [0.2, 0.25) is 0 Å². The predicted octanol–water partition coefficient (Wildman–Crippen LogP) is 3.51. The van der Waals surface area contributed by atoms with E-state index in [9.17, 15) is 0 Å². The number of halogens is 1. The molecule has 0 saturated heterocycles. The smallest absolute Gasteiger partial charge is 0.175 e. The molecule has 0 aromatic heterocycles. The first-order valence-corrected chi connectivity index (χ1v) is 8.30. The van der Waals surface area contributed by atoms with E-state index >= 15 is 0 Å². The molecule has 2 rings (SSSR count). The van der Waals surface area contributed by atoms with Crippen molar-refractivity contribution in [2.45, 2.75) is 26.1 Å². The van der Waals surface area contributed by atoms with Crippen molar-refractivity contribution in [1.82, 2.24) is 5.32 Å². The van der Waals surface area contributed by atoms with Crippen LogP contribution in [0.4, 0.5) is 0 Å². The van der Waals surface area contributed by atoms with Crippen molar-refractivity contribution in [3.05, 3.63) is 58.1 Å². The van der Waals surface area contributed by atoms with Crippen LogP contribution in [0, 0.1) is 0 Å². The lowest BCUT2D eigenvalue weighted by molar-refractivity contribution is 0.251. The summed E-state index contributed by atoms with van der Waals surface area (Å²) in [6.07, 6.45) is 0. The molecule has 0 radical (unpaired) electrons. The van der Waals surface area contributed by atoms with Gasteiger partial charge in [-0.05, 0) is 46.1 Å². The molecule has 0 bridgehead atoms. The fourth-order valence-corrected chi connectivity index (χ4v) is 2.71. The van der Waals surface area contributed by atoms with Gasteiger partial charge in [-0.25, -0.2) is 0 Å².